The Morgan fingerprint density at radius 1 is 0.327 bits per heavy atom. The highest BCUT2D eigenvalue weighted by molar-refractivity contribution is 7.25. The van der Waals surface area contributed by atoms with E-state index in [-0.39, 0.29) is 0 Å². The smallest absolute Gasteiger partial charge is 0.143 e. The fourth-order valence-corrected chi connectivity index (χ4v) is 9.17. The van der Waals surface area contributed by atoms with E-state index in [1.165, 1.54) is 58.4 Å². The maximum atomic E-state index is 6.92. The summed E-state index contributed by atoms with van der Waals surface area (Å²) in [6, 6.07) is 56.4. The van der Waals surface area contributed by atoms with Crippen molar-refractivity contribution in [3.05, 3.63) is 158 Å². The molecule has 3 heteroatoms. The van der Waals surface area contributed by atoms with E-state index in [0.717, 1.165) is 49.8 Å². The number of furan rings is 2. The summed E-state index contributed by atoms with van der Waals surface area (Å²) in [7, 11) is 0. The summed E-state index contributed by atoms with van der Waals surface area (Å²) < 4.78 is 16.0. The van der Waals surface area contributed by atoms with Crippen LogP contribution in [0.25, 0.3) is 108 Å². The van der Waals surface area contributed by atoms with Crippen molar-refractivity contribution in [2.75, 3.05) is 0 Å². The summed E-state index contributed by atoms with van der Waals surface area (Å²) in [6.07, 6.45) is 0. The van der Waals surface area contributed by atoms with Gasteiger partial charge in [-0.1, -0.05) is 127 Å². The minimum atomic E-state index is 0.848. The molecule has 0 saturated heterocycles. The van der Waals surface area contributed by atoms with E-state index in [2.05, 4.69) is 140 Å². The molecule has 11 rings (SSSR count). The summed E-state index contributed by atoms with van der Waals surface area (Å²) in [5, 5.41) is 10.7. The van der Waals surface area contributed by atoms with E-state index in [9.17, 15) is 0 Å². The molecule has 0 aliphatic heterocycles. The largest absolute Gasteiger partial charge is 0.456 e. The van der Waals surface area contributed by atoms with Crippen LogP contribution >= 0.6 is 11.3 Å². The second-order valence-corrected chi connectivity index (χ2v) is 13.8. The maximum Gasteiger partial charge on any atom is 0.143 e. The van der Waals surface area contributed by atoms with E-state index in [1.807, 2.05) is 29.5 Å². The van der Waals surface area contributed by atoms with Gasteiger partial charge in [-0.2, -0.15) is 0 Å². The number of rotatable bonds is 3. The quantitative estimate of drug-likeness (QED) is 0.179. The molecule has 0 radical (unpaired) electrons. The molecule has 228 valence electrons. The second-order valence-electron chi connectivity index (χ2n) is 12.7. The minimum absolute atomic E-state index is 0.848. The summed E-state index contributed by atoms with van der Waals surface area (Å²) in [5.74, 6) is 0.864. The average molecular weight is 643 g/mol. The molecular formula is C46H26O2S. The number of hydrogen-bond donors (Lipinski definition) is 0. The molecule has 49 heavy (non-hydrogen) atoms. The van der Waals surface area contributed by atoms with E-state index in [4.69, 9.17) is 8.83 Å². The van der Waals surface area contributed by atoms with Gasteiger partial charge in [-0.3, -0.25) is 0 Å². The van der Waals surface area contributed by atoms with Crippen LogP contribution in [0.1, 0.15) is 0 Å². The average Bonchev–Trinajstić information content (AvgIpc) is 3.85. The predicted molar refractivity (Wildman–Crippen MR) is 208 cm³/mol. The van der Waals surface area contributed by atoms with Crippen molar-refractivity contribution in [2.24, 2.45) is 0 Å². The molecule has 0 aliphatic carbocycles. The van der Waals surface area contributed by atoms with Crippen LogP contribution in [-0.4, -0.2) is 0 Å². The first-order valence-electron chi connectivity index (χ1n) is 16.6. The first kappa shape index (κ1) is 26.9. The maximum absolute atomic E-state index is 6.92. The monoisotopic (exact) mass is 642 g/mol. The van der Waals surface area contributed by atoms with Gasteiger partial charge >= 0.3 is 0 Å². The molecule has 0 fully saturated rings. The van der Waals surface area contributed by atoms with Gasteiger partial charge in [0.15, 0.2) is 0 Å². The highest BCUT2D eigenvalue weighted by Crippen LogP contribution is 2.52. The zero-order chi connectivity index (χ0) is 32.1. The van der Waals surface area contributed by atoms with Gasteiger partial charge < -0.3 is 8.83 Å². The molecule has 2 nitrogen and oxygen atoms in total. The Kier molecular flexibility index (Phi) is 5.57. The molecule has 0 atom stereocenters. The number of para-hydroxylation sites is 1. The highest BCUT2D eigenvalue weighted by Gasteiger charge is 2.26. The molecule has 11 aromatic rings. The lowest BCUT2D eigenvalue weighted by atomic mass is 9.84. The zero-order valence-corrected chi connectivity index (χ0v) is 27.1. The van der Waals surface area contributed by atoms with E-state index < -0.39 is 0 Å². The minimum Gasteiger partial charge on any atom is -0.456 e. The van der Waals surface area contributed by atoms with Gasteiger partial charge in [0.25, 0.3) is 0 Å². The van der Waals surface area contributed by atoms with Gasteiger partial charge in [0, 0.05) is 53.0 Å². The van der Waals surface area contributed by atoms with Crippen molar-refractivity contribution in [2.45, 2.75) is 0 Å². The SMILES string of the molecule is c1ccc(-c2oc3ccc4oc5ccccc5c4c3c2-c2c3ccccc3c(-c3ccc4c(c3)sc3ccccc34)c3ccccc23)cc1. The molecule has 0 bridgehead atoms. The molecule has 0 spiro atoms. The first-order valence-corrected chi connectivity index (χ1v) is 17.4. The van der Waals surface area contributed by atoms with Crippen molar-refractivity contribution in [3.8, 4) is 33.6 Å². The van der Waals surface area contributed by atoms with Gasteiger partial charge in [-0.05, 0) is 63.0 Å². The number of benzene rings is 8. The number of thiophene rings is 1. The summed E-state index contributed by atoms with van der Waals surface area (Å²) >= 11 is 1.86. The van der Waals surface area contributed by atoms with Crippen molar-refractivity contribution >= 4 is 86.0 Å². The molecule has 3 aromatic heterocycles. The lowest BCUT2D eigenvalue weighted by molar-refractivity contribution is 0.632. The molecular weight excluding hydrogens is 617 g/mol. The Morgan fingerprint density at radius 3 is 1.63 bits per heavy atom. The lowest BCUT2D eigenvalue weighted by Crippen LogP contribution is -1.91. The van der Waals surface area contributed by atoms with Crippen LogP contribution in [0.3, 0.4) is 0 Å². The standard InChI is InChI=1S/C46H26O2S/c1-2-12-27(13-3-1)46-45(44-38(48-46)25-24-37-43(44)35-19-8-10-20-36(35)47-37)42-33-17-6-4-15-31(33)41(32-16-5-7-18-34(32)42)28-22-23-30-29-14-9-11-21-39(29)49-40(30)26-28/h1-26H. The zero-order valence-electron chi connectivity index (χ0n) is 26.2. The third-order valence-corrected chi connectivity index (χ3v) is 11.2. The van der Waals surface area contributed by atoms with Crippen LogP contribution in [0, 0.1) is 0 Å². The van der Waals surface area contributed by atoms with Crippen LogP contribution in [0.5, 0.6) is 0 Å². The highest BCUT2D eigenvalue weighted by atomic mass is 32.1. The number of hydrogen-bond acceptors (Lipinski definition) is 3. The van der Waals surface area contributed by atoms with Crippen LogP contribution in [0.2, 0.25) is 0 Å². The first-order chi connectivity index (χ1) is 24.3. The lowest BCUT2D eigenvalue weighted by Gasteiger charge is -2.18. The molecule has 0 aliphatic rings. The Morgan fingerprint density at radius 2 is 0.898 bits per heavy atom. The summed E-state index contributed by atoms with van der Waals surface area (Å²) in [4.78, 5) is 0. The Hall–Kier alpha value is -6.16. The van der Waals surface area contributed by atoms with E-state index >= 15 is 0 Å². The van der Waals surface area contributed by atoms with Gasteiger partial charge in [-0.25, -0.2) is 0 Å². The second kappa shape index (κ2) is 10.2. The van der Waals surface area contributed by atoms with Crippen LogP contribution in [-0.2, 0) is 0 Å². The van der Waals surface area contributed by atoms with Crippen molar-refractivity contribution in [1.29, 1.82) is 0 Å². The molecule has 8 aromatic carbocycles. The van der Waals surface area contributed by atoms with Crippen molar-refractivity contribution < 1.29 is 8.83 Å². The Bertz CT molecular complexity index is 3050. The van der Waals surface area contributed by atoms with Crippen molar-refractivity contribution in [3.63, 3.8) is 0 Å². The fourth-order valence-electron chi connectivity index (χ4n) is 8.03. The van der Waals surface area contributed by atoms with Gasteiger partial charge in [0.2, 0.25) is 0 Å². The predicted octanol–water partition coefficient (Wildman–Crippen LogP) is 14.0. The molecule has 0 saturated carbocycles. The third-order valence-electron chi connectivity index (χ3n) is 10.1. The van der Waals surface area contributed by atoms with Crippen molar-refractivity contribution in [1.82, 2.24) is 0 Å². The van der Waals surface area contributed by atoms with Gasteiger partial charge in [0.05, 0.1) is 0 Å². The van der Waals surface area contributed by atoms with Crippen LogP contribution in [0.4, 0.5) is 0 Å². The van der Waals surface area contributed by atoms with E-state index in [1.54, 1.807) is 0 Å². The summed E-state index contributed by atoms with van der Waals surface area (Å²) in [6.45, 7) is 0. The third kappa shape index (κ3) is 3.82. The topological polar surface area (TPSA) is 26.3 Å². The molecule has 3 heterocycles. The summed E-state index contributed by atoms with van der Waals surface area (Å²) in [5.41, 5.74) is 8.37. The molecule has 0 N–H and O–H groups in total. The van der Waals surface area contributed by atoms with Crippen LogP contribution in [0.15, 0.2) is 167 Å². The van der Waals surface area contributed by atoms with Crippen LogP contribution < -0.4 is 0 Å². The number of fused-ring (bicyclic) bond motifs is 10. The van der Waals surface area contributed by atoms with Gasteiger partial charge in [-0.15, -0.1) is 11.3 Å². The molecule has 0 unspecified atom stereocenters. The Balaban J connectivity index is 1.31. The normalized spacial score (nSPS) is 12.1. The van der Waals surface area contributed by atoms with E-state index in [0.29, 0.717) is 0 Å². The Labute approximate surface area is 285 Å². The fraction of sp³-hybridized carbons (Fsp3) is 0. The van der Waals surface area contributed by atoms with Gasteiger partial charge in [0.1, 0.15) is 22.5 Å². The molecule has 0 amide bonds.